The molecule has 0 aliphatic carbocycles. The molecule has 3 heteroatoms. The summed E-state index contributed by atoms with van der Waals surface area (Å²) in [6, 6.07) is 6.00. The second-order valence-corrected chi connectivity index (χ2v) is 4.94. The third-order valence-electron chi connectivity index (χ3n) is 3.52. The lowest BCUT2D eigenvalue weighted by atomic mass is 9.90. The molecule has 94 valence electrons. The molecule has 1 fully saturated rings. The molecule has 0 bridgehead atoms. The Balaban J connectivity index is 1.94. The Bertz CT molecular complexity index is 328. The molecule has 1 aliphatic heterocycles. The Morgan fingerprint density at radius 3 is 3.06 bits per heavy atom. The molecule has 2 rings (SSSR count). The van der Waals surface area contributed by atoms with E-state index in [-0.39, 0.29) is 6.10 Å². The van der Waals surface area contributed by atoms with Crippen molar-refractivity contribution in [1.82, 2.24) is 9.88 Å². The van der Waals surface area contributed by atoms with Gasteiger partial charge < -0.3 is 10.0 Å². The zero-order valence-corrected chi connectivity index (χ0v) is 10.5. The molecule has 1 aromatic heterocycles. The Kier molecular flexibility index (Phi) is 4.51. The monoisotopic (exact) mass is 234 g/mol. The van der Waals surface area contributed by atoms with Crippen LogP contribution >= 0.6 is 0 Å². The normalized spacial score (nSPS) is 26.0. The molecule has 0 aromatic carbocycles. The van der Waals surface area contributed by atoms with Crippen LogP contribution in [0.15, 0.2) is 24.4 Å². The van der Waals surface area contributed by atoms with Gasteiger partial charge in [-0.05, 0) is 37.9 Å². The maximum absolute atomic E-state index is 10.1. The fourth-order valence-electron chi connectivity index (χ4n) is 2.60. The summed E-state index contributed by atoms with van der Waals surface area (Å²) in [5, 5.41) is 10.1. The van der Waals surface area contributed by atoms with E-state index in [1.54, 1.807) is 0 Å². The standard InChI is InChI=1S/C14H22N2O/c1-2-8-16-9-6-14(17)12(11-16)10-13-5-3-4-7-15-13/h3-5,7,12,14,17H,2,6,8-11H2,1H3. The number of nitrogens with zero attached hydrogens (tertiary/aromatic N) is 2. The lowest BCUT2D eigenvalue weighted by Crippen LogP contribution is -2.44. The number of rotatable bonds is 4. The highest BCUT2D eigenvalue weighted by molar-refractivity contribution is 5.05. The van der Waals surface area contributed by atoms with Crippen LogP contribution in [0.1, 0.15) is 25.5 Å². The van der Waals surface area contributed by atoms with E-state index in [1.807, 2.05) is 24.4 Å². The predicted octanol–water partition coefficient (Wildman–Crippen LogP) is 1.72. The second-order valence-electron chi connectivity index (χ2n) is 4.94. The van der Waals surface area contributed by atoms with Gasteiger partial charge in [-0.3, -0.25) is 4.98 Å². The second kappa shape index (κ2) is 6.12. The van der Waals surface area contributed by atoms with Crippen LogP contribution in [0.4, 0.5) is 0 Å². The van der Waals surface area contributed by atoms with Crippen molar-refractivity contribution in [1.29, 1.82) is 0 Å². The van der Waals surface area contributed by atoms with Crippen molar-refractivity contribution in [2.45, 2.75) is 32.3 Å². The van der Waals surface area contributed by atoms with Crippen LogP contribution in [0.3, 0.4) is 0 Å². The molecule has 3 nitrogen and oxygen atoms in total. The summed E-state index contributed by atoms with van der Waals surface area (Å²) in [4.78, 5) is 6.81. The highest BCUT2D eigenvalue weighted by atomic mass is 16.3. The van der Waals surface area contributed by atoms with Crippen LogP contribution in [0.2, 0.25) is 0 Å². The summed E-state index contributed by atoms with van der Waals surface area (Å²) in [5.41, 5.74) is 1.09. The van der Waals surface area contributed by atoms with Crippen molar-refractivity contribution in [3.05, 3.63) is 30.1 Å². The summed E-state index contributed by atoms with van der Waals surface area (Å²) in [7, 11) is 0. The van der Waals surface area contributed by atoms with Crippen molar-refractivity contribution >= 4 is 0 Å². The number of likely N-dealkylation sites (tertiary alicyclic amines) is 1. The van der Waals surface area contributed by atoms with Crippen LogP contribution in [0.5, 0.6) is 0 Å². The molecule has 0 radical (unpaired) electrons. The Morgan fingerprint density at radius 1 is 1.47 bits per heavy atom. The minimum atomic E-state index is -0.162. The fourth-order valence-corrected chi connectivity index (χ4v) is 2.60. The van der Waals surface area contributed by atoms with Gasteiger partial charge in [-0.2, -0.15) is 0 Å². The summed E-state index contributed by atoms with van der Waals surface area (Å²) < 4.78 is 0. The van der Waals surface area contributed by atoms with Crippen molar-refractivity contribution in [2.75, 3.05) is 19.6 Å². The van der Waals surface area contributed by atoms with Gasteiger partial charge in [0.1, 0.15) is 0 Å². The molecule has 1 aromatic rings. The molecule has 0 saturated carbocycles. The summed E-state index contributed by atoms with van der Waals surface area (Å²) in [6.07, 6.45) is 4.64. The van der Waals surface area contributed by atoms with Gasteiger partial charge in [0, 0.05) is 30.9 Å². The van der Waals surface area contributed by atoms with Gasteiger partial charge >= 0.3 is 0 Å². The minimum Gasteiger partial charge on any atom is -0.393 e. The molecule has 2 heterocycles. The van der Waals surface area contributed by atoms with Crippen LogP contribution in [0, 0.1) is 5.92 Å². The predicted molar refractivity (Wildman–Crippen MR) is 68.8 cm³/mol. The highest BCUT2D eigenvalue weighted by Crippen LogP contribution is 2.20. The van der Waals surface area contributed by atoms with Crippen LogP contribution in [-0.2, 0) is 6.42 Å². The summed E-state index contributed by atoms with van der Waals surface area (Å²) in [5.74, 6) is 0.338. The molecule has 1 saturated heterocycles. The lowest BCUT2D eigenvalue weighted by Gasteiger charge is -2.36. The highest BCUT2D eigenvalue weighted by Gasteiger charge is 2.27. The topological polar surface area (TPSA) is 36.4 Å². The van der Waals surface area contributed by atoms with Gasteiger partial charge in [0.25, 0.3) is 0 Å². The van der Waals surface area contributed by atoms with E-state index in [2.05, 4.69) is 16.8 Å². The zero-order chi connectivity index (χ0) is 12.1. The molecule has 17 heavy (non-hydrogen) atoms. The Labute approximate surface area is 103 Å². The number of aliphatic hydroxyl groups excluding tert-OH is 1. The molecule has 2 atom stereocenters. The fraction of sp³-hybridized carbons (Fsp3) is 0.643. The number of hydrogen-bond donors (Lipinski definition) is 1. The van der Waals surface area contributed by atoms with Crippen LogP contribution < -0.4 is 0 Å². The van der Waals surface area contributed by atoms with E-state index in [9.17, 15) is 5.11 Å². The van der Waals surface area contributed by atoms with Gasteiger partial charge in [-0.25, -0.2) is 0 Å². The largest absolute Gasteiger partial charge is 0.393 e. The number of aromatic nitrogens is 1. The van der Waals surface area contributed by atoms with Crippen molar-refractivity contribution in [3.63, 3.8) is 0 Å². The average Bonchev–Trinajstić information content (AvgIpc) is 2.35. The van der Waals surface area contributed by atoms with Gasteiger partial charge in [0.05, 0.1) is 6.10 Å². The molecule has 1 aliphatic rings. The van der Waals surface area contributed by atoms with E-state index in [1.165, 1.54) is 6.42 Å². The molecule has 2 unspecified atom stereocenters. The Hall–Kier alpha value is -0.930. The number of piperidine rings is 1. The smallest absolute Gasteiger partial charge is 0.0596 e. The summed E-state index contributed by atoms with van der Waals surface area (Å²) >= 11 is 0. The maximum Gasteiger partial charge on any atom is 0.0596 e. The molecular formula is C14H22N2O. The summed E-state index contributed by atoms with van der Waals surface area (Å²) in [6.45, 7) is 5.39. The molecule has 1 N–H and O–H groups in total. The van der Waals surface area contributed by atoms with Crippen LogP contribution in [0.25, 0.3) is 0 Å². The van der Waals surface area contributed by atoms with E-state index in [0.29, 0.717) is 5.92 Å². The first-order chi connectivity index (χ1) is 8.29. The van der Waals surface area contributed by atoms with E-state index < -0.39 is 0 Å². The maximum atomic E-state index is 10.1. The van der Waals surface area contributed by atoms with E-state index in [0.717, 1.165) is 38.2 Å². The van der Waals surface area contributed by atoms with E-state index in [4.69, 9.17) is 0 Å². The zero-order valence-electron chi connectivity index (χ0n) is 10.5. The van der Waals surface area contributed by atoms with Gasteiger partial charge in [-0.1, -0.05) is 13.0 Å². The third-order valence-corrected chi connectivity index (χ3v) is 3.52. The van der Waals surface area contributed by atoms with Crippen molar-refractivity contribution in [2.24, 2.45) is 5.92 Å². The molecular weight excluding hydrogens is 212 g/mol. The van der Waals surface area contributed by atoms with Gasteiger partial charge in [0.2, 0.25) is 0 Å². The van der Waals surface area contributed by atoms with Gasteiger partial charge in [0.15, 0.2) is 0 Å². The number of pyridine rings is 1. The van der Waals surface area contributed by atoms with E-state index >= 15 is 0 Å². The number of hydrogen-bond acceptors (Lipinski definition) is 3. The minimum absolute atomic E-state index is 0.162. The number of aliphatic hydroxyl groups is 1. The lowest BCUT2D eigenvalue weighted by molar-refractivity contribution is 0.0266. The first-order valence-electron chi connectivity index (χ1n) is 6.60. The first-order valence-corrected chi connectivity index (χ1v) is 6.60. The Morgan fingerprint density at radius 2 is 2.35 bits per heavy atom. The first kappa shape index (κ1) is 12.5. The van der Waals surface area contributed by atoms with Crippen molar-refractivity contribution < 1.29 is 5.11 Å². The quantitative estimate of drug-likeness (QED) is 0.861. The third kappa shape index (κ3) is 3.51. The SMILES string of the molecule is CCCN1CCC(O)C(Cc2ccccn2)C1. The van der Waals surface area contributed by atoms with Crippen molar-refractivity contribution in [3.8, 4) is 0 Å². The molecule has 0 amide bonds. The molecule has 0 spiro atoms. The van der Waals surface area contributed by atoms with Crippen LogP contribution in [-0.4, -0.2) is 40.7 Å². The average molecular weight is 234 g/mol. The van der Waals surface area contributed by atoms with Gasteiger partial charge in [-0.15, -0.1) is 0 Å².